The quantitative estimate of drug-likeness (QED) is 0.306. The van der Waals surface area contributed by atoms with Gasteiger partial charge in [0.15, 0.2) is 5.11 Å². The molecule has 0 saturated carbocycles. The summed E-state index contributed by atoms with van der Waals surface area (Å²) in [5.41, 5.74) is 6.61. The molecule has 1 atom stereocenters. The van der Waals surface area contributed by atoms with E-state index in [4.69, 9.17) is 21.7 Å². The molecule has 1 N–H and O–H groups in total. The standard InChI is InChI=1S/C26H30N4OS2/c1-6-7-14-30-18(4)22(23(27-26(30)32)20-9-8-16(2)17(3)15-20)25-28-24(29-31-25)19-10-12-21(33-5)13-11-19/h8-13,15,23H,6-7,14H2,1-5H3,(H,27,32). The van der Waals surface area contributed by atoms with Gasteiger partial charge in [0.1, 0.15) is 0 Å². The first-order valence-electron chi connectivity index (χ1n) is 11.3. The third-order valence-corrected chi connectivity index (χ3v) is 7.28. The van der Waals surface area contributed by atoms with E-state index in [2.05, 4.69) is 79.7 Å². The molecule has 4 rings (SSSR count). The van der Waals surface area contributed by atoms with Gasteiger partial charge in [0.25, 0.3) is 5.89 Å². The van der Waals surface area contributed by atoms with Crippen LogP contribution in [0, 0.1) is 13.8 Å². The number of aryl methyl sites for hydroxylation is 2. The van der Waals surface area contributed by atoms with Crippen LogP contribution in [0.3, 0.4) is 0 Å². The molecule has 0 aliphatic carbocycles. The number of allylic oxidation sites excluding steroid dienone is 1. The van der Waals surface area contributed by atoms with Crippen LogP contribution in [0.15, 0.2) is 57.6 Å². The average Bonchev–Trinajstić information content (AvgIpc) is 3.30. The lowest BCUT2D eigenvalue weighted by molar-refractivity contribution is 0.395. The Balaban J connectivity index is 1.78. The molecule has 1 aliphatic heterocycles. The molecule has 0 saturated heterocycles. The Kier molecular flexibility index (Phi) is 7.20. The van der Waals surface area contributed by atoms with Gasteiger partial charge in [-0.25, -0.2) is 0 Å². The Hall–Kier alpha value is -2.64. The normalized spacial score (nSPS) is 16.3. The minimum atomic E-state index is -0.151. The Bertz CT molecular complexity index is 1180. The highest BCUT2D eigenvalue weighted by atomic mass is 32.2. The third kappa shape index (κ3) is 4.84. The number of unbranched alkanes of at least 4 members (excludes halogenated alkanes) is 1. The Morgan fingerprint density at radius 1 is 1.09 bits per heavy atom. The summed E-state index contributed by atoms with van der Waals surface area (Å²) in [6, 6.07) is 14.6. The molecule has 33 heavy (non-hydrogen) atoms. The van der Waals surface area contributed by atoms with E-state index in [-0.39, 0.29) is 6.04 Å². The SMILES string of the molecule is CCCCN1C(=S)NC(c2ccc(C)c(C)c2)C(c2nc(-c3ccc(SC)cc3)no2)=C1C. The van der Waals surface area contributed by atoms with E-state index in [0.29, 0.717) is 11.7 Å². The molecular formula is C26H30N4OS2. The van der Waals surface area contributed by atoms with E-state index < -0.39 is 0 Å². The second-order valence-electron chi connectivity index (χ2n) is 8.38. The van der Waals surface area contributed by atoms with Crippen LogP contribution in [0.1, 0.15) is 55.3 Å². The number of thiocarbonyl (C=S) groups is 1. The first kappa shape index (κ1) is 23.5. The summed E-state index contributed by atoms with van der Waals surface area (Å²) in [6.45, 7) is 9.40. The molecule has 7 heteroatoms. The minimum Gasteiger partial charge on any atom is -0.351 e. The summed E-state index contributed by atoms with van der Waals surface area (Å²) in [4.78, 5) is 8.17. The topological polar surface area (TPSA) is 54.2 Å². The van der Waals surface area contributed by atoms with Gasteiger partial charge in [-0.1, -0.05) is 36.7 Å². The van der Waals surface area contributed by atoms with Gasteiger partial charge in [-0.3, -0.25) is 0 Å². The van der Waals surface area contributed by atoms with Crippen molar-refractivity contribution in [1.29, 1.82) is 0 Å². The molecule has 0 fully saturated rings. The zero-order chi connectivity index (χ0) is 23.5. The van der Waals surface area contributed by atoms with Crippen molar-refractivity contribution in [3.8, 4) is 11.4 Å². The van der Waals surface area contributed by atoms with E-state index in [1.807, 2.05) is 12.1 Å². The van der Waals surface area contributed by atoms with Crippen molar-refractivity contribution in [2.45, 2.75) is 51.5 Å². The van der Waals surface area contributed by atoms with Gasteiger partial charge in [0, 0.05) is 22.7 Å². The molecule has 0 amide bonds. The van der Waals surface area contributed by atoms with Gasteiger partial charge in [-0.2, -0.15) is 4.98 Å². The van der Waals surface area contributed by atoms with Crippen LogP contribution < -0.4 is 5.32 Å². The molecule has 3 aromatic rings. The van der Waals surface area contributed by atoms with Gasteiger partial charge in [0.2, 0.25) is 5.82 Å². The maximum Gasteiger partial charge on any atom is 0.258 e. The lowest BCUT2D eigenvalue weighted by Gasteiger charge is -2.37. The fourth-order valence-electron chi connectivity index (χ4n) is 4.03. The molecule has 0 spiro atoms. The smallest absolute Gasteiger partial charge is 0.258 e. The summed E-state index contributed by atoms with van der Waals surface area (Å²) < 4.78 is 5.85. The summed E-state index contributed by atoms with van der Waals surface area (Å²) in [7, 11) is 0. The fraction of sp³-hybridized carbons (Fsp3) is 0.346. The lowest BCUT2D eigenvalue weighted by atomic mass is 9.92. The summed E-state index contributed by atoms with van der Waals surface area (Å²) in [5, 5.41) is 8.60. The number of aromatic nitrogens is 2. The van der Waals surface area contributed by atoms with Crippen LogP contribution in [0.4, 0.5) is 0 Å². The van der Waals surface area contributed by atoms with Crippen LogP contribution in [0.25, 0.3) is 17.0 Å². The minimum absolute atomic E-state index is 0.151. The zero-order valence-corrected chi connectivity index (χ0v) is 21.4. The number of benzene rings is 2. The zero-order valence-electron chi connectivity index (χ0n) is 19.8. The Morgan fingerprint density at radius 3 is 2.52 bits per heavy atom. The highest BCUT2D eigenvalue weighted by Crippen LogP contribution is 2.38. The lowest BCUT2D eigenvalue weighted by Crippen LogP contribution is -2.46. The van der Waals surface area contributed by atoms with Crippen LogP contribution in [0.5, 0.6) is 0 Å². The van der Waals surface area contributed by atoms with Crippen LogP contribution in [-0.2, 0) is 0 Å². The molecular weight excluding hydrogens is 448 g/mol. The first-order valence-corrected chi connectivity index (χ1v) is 12.9. The van der Waals surface area contributed by atoms with Crippen molar-refractivity contribution in [2.75, 3.05) is 12.8 Å². The van der Waals surface area contributed by atoms with Crippen molar-refractivity contribution in [1.82, 2.24) is 20.4 Å². The molecule has 5 nitrogen and oxygen atoms in total. The number of thioether (sulfide) groups is 1. The Labute approximate surface area is 205 Å². The van der Waals surface area contributed by atoms with Crippen molar-refractivity contribution in [2.24, 2.45) is 0 Å². The van der Waals surface area contributed by atoms with Crippen molar-refractivity contribution in [3.63, 3.8) is 0 Å². The second kappa shape index (κ2) is 10.1. The number of nitrogens with zero attached hydrogens (tertiary/aromatic N) is 3. The van der Waals surface area contributed by atoms with Gasteiger partial charge in [-0.15, -0.1) is 11.8 Å². The molecule has 1 aliphatic rings. The number of hydrogen-bond donors (Lipinski definition) is 1. The van der Waals surface area contributed by atoms with Gasteiger partial charge in [0.05, 0.1) is 11.6 Å². The van der Waals surface area contributed by atoms with E-state index in [0.717, 1.165) is 46.9 Å². The Morgan fingerprint density at radius 2 is 1.85 bits per heavy atom. The highest BCUT2D eigenvalue weighted by Gasteiger charge is 2.34. The average molecular weight is 479 g/mol. The largest absolute Gasteiger partial charge is 0.351 e. The monoisotopic (exact) mass is 478 g/mol. The number of hydrogen-bond acceptors (Lipinski definition) is 5. The van der Waals surface area contributed by atoms with Crippen LogP contribution in [-0.4, -0.2) is 33.0 Å². The second-order valence-corrected chi connectivity index (χ2v) is 9.65. The maximum absolute atomic E-state index is 5.85. The molecule has 172 valence electrons. The van der Waals surface area contributed by atoms with Gasteiger partial charge >= 0.3 is 0 Å². The third-order valence-electron chi connectivity index (χ3n) is 6.20. The van der Waals surface area contributed by atoms with Crippen LogP contribution in [0.2, 0.25) is 0 Å². The van der Waals surface area contributed by atoms with Gasteiger partial charge in [-0.05, 0) is 86.6 Å². The molecule has 1 aromatic heterocycles. The van der Waals surface area contributed by atoms with Crippen molar-refractivity contribution >= 4 is 34.7 Å². The highest BCUT2D eigenvalue weighted by molar-refractivity contribution is 7.98. The predicted molar refractivity (Wildman–Crippen MR) is 140 cm³/mol. The van der Waals surface area contributed by atoms with E-state index in [9.17, 15) is 0 Å². The number of rotatable bonds is 7. The predicted octanol–water partition coefficient (Wildman–Crippen LogP) is 6.54. The van der Waals surface area contributed by atoms with E-state index in [1.54, 1.807) is 11.8 Å². The molecule has 2 heterocycles. The molecule has 0 bridgehead atoms. The van der Waals surface area contributed by atoms with E-state index >= 15 is 0 Å². The fourth-order valence-corrected chi connectivity index (χ4v) is 4.78. The van der Waals surface area contributed by atoms with Crippen LogP contribution >= 0.6 is 24.0 Å². The summed E-state index contributed by atoms with van der Waals surface area (Å²) in [6.07, 6.45) is 4.21. The maximum atomic E-state index is 5.85. The summed E-state index contributed by atoms with van der Waals surface area (Å²) in [5.74, 6) is 1.11. The van der Waals surface area contributed by atoms with E-state index in [1.165, 1.54) is 16.0 Å². The van der Waals surface area contributed by atoms with Crippen molar-refractivity contribution < 1.29 is 4.52 Å². The van der Waals surface area contributed by atoms with Crippen molar-refractivity contribution in [3.05, 3.63) is 70.7 Å². The first-order chi connectivity index (χ1) is 15.9. The number of nitrogens with one attached hydrogen (secondary N) is 1. The molecule has 1 unspecified atom stereocenters. The summed E-state index contributed by atoms with van der Waals surface area (Å²) >= 11 is 7.48. The molecule has 0 radical (unpaired) electrons. The van der Waals surface area contributed by atoms with Gasteiger partial charge < -0.3 is 14.7 Å². The molecule has 2 aromatic carbocycles.